The molecule has 1 aliphatic rings. The monoisotopic (exact) mass is 213 g/mol. The minimum atomic E-state index is -0.0577. The van der Waals surface area contributed by atoms with E-state index in [2.05, 4.69) is 18.7 Å². The van der Waals surface area contributed by atoms with E-state index in [-0.39, 0.29) is 12.0 Å². The average molecular weight is 213 g/mol. The lowest BCUT2D eigenvalue weighted by molar-refractivity contribution is -0.149. The van der Waals surface area contributed by atoms with Gasteiger partial charge in [-0.15, -0.1) is 0 Å². The van der Waals surface area contributed by atoms with E-state index in [0.29, 0.717) is 6.04 Å². The Morgan fingerprint density at radius 2 is 2.27 bits per heavy atom. The van der Waals surface area contributed by atoms with E-state index < -0.39 is 0 Å². The van der Waals surface area contributed by atoms with Crippen LogP contribution in [0.5, 0.6) is 0 Å². The first-order chi connectivity index (χ1) is 7.20. The number of nitrogens with zero attached hydrogens (tertiary/aromatic N) is 1. The molecule has 3 nitrogen and oxygen atoms in total. The van der Waals surface area contributed by atoms with Crippen LogP contribution in [-0.4, -0.2) is 36.6 Å². The number of ether oxygens (including phenoxy) is 1. The smallest absolute Gasteiger partial charge is 0.323 e. The van der Waals surface area contributed by atoms with Crippen molar-refractivity contribution in [3.8, 4) is 0 Å². The summed E-state index contributed by atoms with van der Waals surface area (Å²) >= 11 is 0. The third-order valence-electron chi connectivity index (χ3n) is 3.29. The molecule has 0 N–H and O–H groups in total. The van der Waals surface area contributed by atoms with Crippen LogP contribution in [0.1, 0.15) is 46.0 Å². The normalized spacial score (nSPS) is 24.9. The Kier molecular flexibility index (Phi) is 5.09. The number of hydrogen-bond acceptors (Lipinski definition) is 3. The van der Waals surface area contributed by atoms with Crippen LogP contribution in [0.2, 0.25) is 0 Å². The van der Waals surface area contributed by atoms with Crippen molar-refractivity contribution in [2.75, 3.05) is 13.7 Å². The van der Waals surface area contributed by atoms with E-state index in [4.69, 9.17) is 4.74 Å². The molecule has 3 heteroatoms. The van der Waals surface area contributed by atoms with E-state index in [0.717, 1.165) is 25.8 Å². The summed E-state index contributed by atoms with van der Waals surface area (Å²) in [4.78, 5) is 13.9. The van der Waals surface area contributed by atoms with Gasteiger partial charge in [-0.3, -0.25) is 9.69 Å². The molecule has 0 spiro atoms. The highest BCUT2D eigenvalue weighted by atomic mass is 16.5. The molecule has 0 bridgehead atoms. The van der Waals surface area contributed by atoms with Gasteiger partial charge in [0.25, 0.3) is 0 Å². The van der Waals surface area contributed by atoms with Crippen LogP contribution in [0, 0.1) is 0 Å². The Morgan fingerprint density at radius 3 is 2.87 bits per heavy atom. The van der Waals surface area contributed by atoms with Gasteiger partial charge in [0.15, 0.2) is 0 Å². The van der Waals surface area contributed by atoms with Crippen LogP contribution in [0.3, 0.4) is 0 Å². The summed E-state index contributed by atoms with van der Waals surface area (Å²) in [7, 11) is 1.49. The van der Waals surface area contributed by atoms with Crippen LogP contribution in [0.25, 0.3) is 0 Å². The molecule has 2 unspecified atom stereocenters. The molecule has 15 heavy (non-hydrogen) atoms. The van der Waals surface area contributed by atoms with Crippen molar-refractivity contribution >= 4 is 5.97 Å². The Morgan fingerprint density at radius 1 is 1.53 bits per heavy atom. The van der Waals surface area contributed by atoms with E-state index in [1.54, 1.807) is 0 Å². The van der Waals surface area contributed by atoms with Gasteiger partial charge in [0.2, 0.25) is 0 Å². The van der Waals surface area contributed by atoms with Gasteiger partial charge in [0.05, 0.1) is 7.11 Å². The van der Waals surface area contributed by atoms with Crippen LogP contribution in [0.15, 0.2) is 0 Å². The number of methoxy groups -OCH3 is 1. The van der Waals surface area contributed by atoms with Crippen LogP contribution >= 0.6 is 0 Å². The molecule has 1 saturated heterocycles. The molecule has 0 radical (unpaired) electrons. The molecule has 1 fully saturated rings. The number of rotatable bonds is 4. The molecule has 0 aliphatic carbocycles. The van der Waals surface area contributed by atoms with Crippen molar-refractivity contribution in [3.05, 3.63) is 0 Å². The third-order valence-corrected chi connectivity index (χ3v) is 3.29. The molecule has 0 aromatic heterocycles. The molecule has 1 rings (SSSR count). The van der Waals surface area contributed by atoms with Crippen LogP contribution < -0.4 is 0 Å². The first kappa shape index (κ1) is 12.5. The minimum absolute atomic E-state index is 0.00491. The number of hydrogen-bond donors (Lipinski definition) is 0. The van der Waals surface area contributed by atoms with Gasteiger partial charge in [-0.05, 0) is 32.7 Å². The molecule has 0 aromatic rings. The van der Waals surface area contributed by atoms with Crippen molar-refractivity contribution in [2.45, 2.75) is 58.0 Å². The van der Waals surface area contributed by atoms with Crippen molar-refractivity contribution in [1.82, 2.24) is 4.90 Å². The van der Waals surface area contributed by atoms with E-state index in [1.807, 2.05) is 0 Å². The fourth-order valence-corrected chi connectivity index (χ4v) is 2.45. The second-order valence-electron chi connectivity index (χ2n) is 4.41. The number of esters is 1. The van der Waals surface area contributed by atoms with Gasteiger partial charge in [-0.1, -0.05) is 19.8 Å². The molecule has 1 aliphatic heterocycles. The van der Waals surface area contributed by atoms with Gasteiger partial charge in [-0.25, -0.2) is 0 Å². The Bertz CT molecular complexity index is 206. The molecule has 0 aromatic carbocycles. The largest absolute Gasteiger partial charge is 0.468 e. The number of carbonyl (C=O) groups excluding carboxylic acids is 1. The zero-order valence-corrected chi connectivity index (χ0v) is 10.2. The third kappa shape index (κ3) is 3.20. The van der Waals surface area contributed by atoms with Gasteiger partial charge in [0.1, 0.15) is 6.04 Å². The summed E-state index contributed by atoms with van der Waals surface area (Å²) in [6, 6.07) is 0.504. The minimum Gasteiger partial charge on any atom is -0.468 e. The number of carbonyl (C=O) groups is 1. The molecule has 1 heterocycles. The van der Waals surface area contributed by atoms with Gasteiger partial charge in [-0.2, -0.15) is 0 Å². The maximum Gasteiger partial charge on any atom is 0.323 e. The van der Waals surface area contributed by atoms with E-state index in [1.165, 1.54) is 20.0 Å². The maximum absolute atomic E-state index is 11.6. The molecular formula is C12H23NO2. The molecule has 2 atom stereocenters. The highest BCUT2D eigenvalue weighted by Crippen LogP contribution is 2.22. The van der Waals surface area contributed by atoms with Crippen molar-refractivity contribution in [2.24, 2.45) is 0 Å². The maximum atomic E-state index is 11.6. The Hall–Kier alpha value is -0.570. The fourth-order valence-electron chi connectivity index (χ4n) is 2.45. The summed E-state index contributed by atoms with van der Waals surface area (Å²) in [5.41, 5.74) is 0. The highest BCUT2D eigenvalue weighted by Gasteiger charge is 2.31. The summed E-state index contributed by atoms with van der Waals surface area (Å²) in [5, 5.41) is 0. The fraction of sp³-hybridized carbons (Fsp3) is 0.917. The summed E-state index contributed by atoms with van der Waals surface area (Å²) in [6.45, 7) is 5.44. The van der Waals surface area contributed by atoms with Gasteiger partial charge in [0, 0.05) is 6.04 Å². The predicted molar refractivity (Wildman–Crippen MR) is 60.7 cm³/mol. The quantitative estimate of drug-likeness (QED) is 0.670. The molecule has 0 saturated carbocycles. The van der Waals surface area contributed by atoms with Crippen molar-refractivity contribution in [3.63, 3.8) is 0 Å². The Labute approximate surface area is 92.8 Å². The average Bonchev–Trinajstić information content (AvgIpc) is 2.28. The summed E-state index contributed by atoms with van der Waals surface area (Å²) in [5.74, 6) is -0.0577. The SMILES string of the molecule is CCCC(C)N1CCCCC1C(=O)OC. The summed E-state index contributed by atoms with van der Waals surface area (Å²) < 4.78 is 4.87. The zero-order valence-electron chi connectivity index (χ0n) is 10.2. The van der Waals surface area contributed by atoms with Crippen molar-refractivity contribution < 1.29 is 9.53 Å². The van der Waals surface area contributed by atoms with Crippen LogP contribution in [-0.2, 0) is 9.53 Å². The zero-order chi connectivity index (χ0) is 11.3. The second kappa shape index (κ2) is 6.11. The lowest BCUT2D eigenvalue weighted by Gasteiger charge is -2.38. The standard InChI is InChI=1S/C12H23NO2/c1-4-7-10(2)13-9-6-5-8-11(13)12(14)15-3/h10-11H,4-9H2,1-3H3. The van der Waals surface area contributed by atoms with Gasteiger partial charge >= 0.3 is 5.97 Å². The molecule has 0 amide bonds. The molecule has 88 valence electrons. The highest BCUT2D eigenvalue weighted by molar-refractivity contribution is 5.75. The van der Waals surface area contributed by atoms with Crippen LogP contribution in [0.4, 0.5) is 0 Å². The number of likely N-dealkylation sites (tertiary alicyclic amines) is 1. The molecular weight excluding hydrogens is 190 g/mol. The second-order valence-corrected chi connectivity index (χ2v) is 4.41. The Balaban J connectivity index is 2.60. The number of piperidine rings is 1. The lowest BCUT2D eigenvalue weighted by atomic mass is 9.98. The first-order valence-corrected chi connectivity index (χ1v) is 6.04. The predicted octanol–water partition coefficient (Wildman–Crippen LogP) is 2.20. The topological polar surface area (TPSA) is 29.5 Å². The first-order valence-electron chi connectivity index (χ1n) is 6.04. The van der Waals surface area contributed by atoms with E-state index in [9.17, 15) is 4.79 Å². The van der Waals surface area contributed by atoms with E-state index >= 15 is 0 Å². The van der Waals surface area contributed by atoms with Crippen molar-refractivity contribution in [1.29, 1.82) is 0 Å². The van der Waals surface area contributed by atoms with Gasteiger partial charge < -0.3 is 4.74 Å². The summed E-state index contributed by atoms with van der Waals surface area (Å²) in [6.07, 6.45) is 5.65. The lowest BCUT2D eigenvalue weighted by Crippen LogP contribution is -2.49.